The van der Waals surface area contributed by atoms with Crippen LogP contribution in [0.15, 0.2) is 28.2 Å². The SMILES string of the molecule is CC1=NN(c2ccc(S(=O)(=O)N3CCOCC3)cc2[N+](=O)[O-])C(=O)C1. The molecule has 0 aromatic heterocycles. The first-order valence-electron chi connectivity index (χ1n) is 7.54. The topological polar surface area (TPSA) is 122 Å². The lowest BCUT2D eigenvalue weighted by atomic mass is 10.2. The highest BCUT2D eigenvalue weighted by atomic mass is 32.2. The van der Waals surface area contributed by atoms with Gasteiger partial charge in [-0.2, -0.15) is 14.4 Å². The van der Waals surface area contributed by atoms with Gasteiger partial charge in [0, 0.05) is 24.9 Å². The Morgan fingerprint density at radius 1 is 1.28 bits per heavy atom. The van der Waals surface area contributed by atoms with E-state index in [-0.39, 0.29) is 43.3 Å². The number of nitro groups is 1. The lowest BCUT2D eigenvalue weighted by Crippen LogP contribution is -2.40. The van der Waals surface area contributed by atoms with Crippen LogP contribution in [0.3, 0.4) is 0 Å². The first kappa shape index (κ1) is 17.5. The molecule has 134 valence electrons. The molecule has 10 nitrogen and oxygen atoms in total. The number of carbonyl (C=O) groups excluding carboxylic acids is 1. The summed E-state index contributed by atoms with van der Waals surface area (Å²) in [6.07, 6.45) is 0.0744. The van der Waals surface area contributed by atoms with Crippen LogP contribution in [0.2, 0.25) is 0 Å². The van der Waals surface area contributed by atoms with E-state index in [2.05, 4.69) is 5.10 Å². The summed E-state index contributed by atoms with van der Waals surface area (Å²) in [6, 6.07) is 3.46. The second kappa shape index (κ2) is 6.50. The number of morpholine rings is 1. The van der Waals surface area contributed by atoms with Crippen LogP contribution < -0.4 is 5.01 Å². The molecule has 25 heavy (non-hydrogen) atoms. The number of hydrogen-bond acceptors (Lipinski definition) is 7. The molecule has 1 aromatic carbocycles. The van der Waals surface area contributed by atoms with E-state index in [4.69, 9.17) is 4.74 Å². The highest BCUT2D eigenvalue weighted by molar-refractivity contribution is 7.89. The highest BCUT2D eigenvalue weighted by Gasteiger charge is 2.33. The minimum atomic E-state index is -3.87. The Kier molecular flexibility index (Phi) is 4.54. The van der Waals surface area contributed by atoms with Crippen LogP contribution in [0, 0.1) is 10.1 Å². The van der Waals surface area contributed by atoms with Crippen LogP contribution in [-0.4, -0.2) is 55.6 Å². The van der Waals surface area contributed by atoms with Crippen molar-refractivity contribution in [3.05, 3.63) is 28.3 Å². The van der Waals surface area contributed by atoms with E-state index in [1.165, 1.54) is 16.4 Å². The Balaban J connectivity index is 2.02. The quantitative estimate of drug-likeness (QED) is 0.570. The van der Waals surface area contributed by atoms with E-state index >= 15 is 0 Å². The van der Waals surface area contributed by atoms with Gasteiger partial charge in [-0.15, -0.1) is 0 Å². The summed E-state index contributed by atoms with van der Waals surface area (Å²) in [4.78, 5) is 22.4. The van der Waals surface area contributed by atoms with E-state index in [9.17, 15) is 23.3 Å². The fraction of sp³-hybridized carbons (Fsp3) is 0.429. The average molecular weight is 368 g/mol. The van der Waals surface area contributed by atoms with E-state index < -0.39 is 26.5 Å². The van der Waals surface area contributed by atoms with Crippen molar-refractivity contribution >= 4 is 33.0 Å². The van der Waals surface area contributed by atoms with Crippen LogP contribution >= 0.6 is 0 Å². The molecule has 11 heteroatoms. The minimum absolute atomic E-state index is 0.0484. The first-order valence-corrected chi connectivity index (χ1v) is 8.98. The minimum Gasteiger partial charge on any atom is -0.379 e. The van der Waals surface area contributed by atoms with Gasteiger partial charge in [0.05, 0.1) is 29.5 Å². The molecule has 2 aliphatic heterocycles. The summed E-state index contributed by atoms with van der Waals surface area (Å²) < 4.78 is 31.7. The molecule has 0 bridgehead atoms. The molecule has 3 rings (SSSR count). The van der Waals surface area contributed by atoms with Crippen molar-refractivity contribution < 1.29 is 22.9 Å². The Bertz CT molecular complexity index is 860. The molecule has 1 fully saturated rings. The summed E-state index contributed by atoms with van der Waals surface area (Å²) in [7, 11) is -3.87. The molecule has 0 saturated carbocycles. The molecule has 0 N–H and O–H groups in total. The summed E-state index contributed by atoms with van der Waals surface area (Å²) in [6.45, 7) is 2.56. The van der Waals surface area contributed by atoms with Crippen LogP contribution in [0.5, 0.6) is 0 Å². The van der Waals surface area contributed by atoms with Crippen molar-refractivity contribution in [2.24, 2.45) is 5.10 Å². The number of carbonyl (C=O) groups is 1. The van der Waals surface area contributed by atoms with E-state index in [0.717, 1.165) is 11.1 Å². The van der Waals surface area contributed by atoms with Gasteiger partial charge in [-0.1, -0.05) is 0 Å². The number of rotatable bonds is 4. The van der Waals surface area contributed by atoms with Gasteiger partial charge < -0.3 is 4.74 Å². The number of benzene rings is 1. The number of nitro benzene ring substituents is 1. The molecular formula is C14H16N4O6S. The van der Waals surface area contributed by atoms with Gasteiger partial charge in [0.1, 0.15) is 5.69 Å². The highest BCUT2D eigenvalue weighted by Crippen LogP contribution is 2.34. The summed E-state index contributed by atoms with van der Waals surface area (Å²) in [5.74, 6) is -0.399. The number of ether oxygens (including phenoxy) is 1. The Morgan fingerprint density at radius 2 is 1.96 bits per heavy atom. The number of hydrazone groups is 1. The van der Waals surface area contributed by atoms with Crippen LogP contribution in [-0.2, 0) is 19.6 Å². The molecule has 0 spiro atoms. The lowest BCUT2D eigenvalue weighted by Gasteiger charge is -2.26. The van der Waals surface area contributed by atoms with Gasteiger partial charge in [-0.3, -0.25) is 14.9 Å². The van der Waals surface area contributed by atoms with Crippen molar-refractivity contribution in [1.29, 1.82) is 0 Å². The van der Waals surface area contributed by atoms with Crippen molar-refractivity contribution in [2.45, 2.75) is 18.2 Å². The van der Waals surface area contributed by atoms with Gasteiger partial charge in [0.25, 0.3) is 11.6 Å². The van der Waals surface area contributed by atoms with Gasteiger partial charge in [-0.05, 0) is 19.1 Å². The van der Waals surface area contributed by atoms with E-state index in [1.54, 1.807) is 6.92 Å². The number of sulfonamides is 1. The zero-order chi connectivity index (χ0) is 18.2. The monoisotopic (exact) mass is 368 g/mol. The molecule has 1 amide bonds. The van der Waals surface area contributed by atoms with Crippen molar-refractivity contribution in [3.63, 3.8) is 0 Å². The molecule has 2 heterocycles. The molecule has 0 unspecified atom stereocenters. The van der Waals surface area contributed by atoms with Gasteiger partial charge in [-0.25, -0.2) is 8.42 Å². The molecule has 0 radical (unpaired) electrons. The van der Waals surface area contributed by atoms with Crippen molar-refractivity contribution in [1.82, 2.24) is 4.31 Å². The maximum absolute atomic E-state index is 12.7. The largest absolute Gasteiger partial charge is 0.379 e. The molecule has 2 aliphatic rings. The third-order valence-corrected chi connectivity index (χ3v) is 5.79. The lowest BCUT2D eigenvalue weighted by molar-refractivity contribution is -0.384. The van der Waals surface area contributed by atoms with Crippen LogP contribution in [0.25, 0.3) is 0 Å². The third kappa shape index (κ3) is 3.25. The summed E-state index contributed by atoms with van der Waals surface area (Å²) in [5.41, 5.74) is -0.00164. The number of nitrogens with zero attached hydrogens (tertiary/aromatic N) is 4. The van der Waals surface area contributed by atoms with E-state index in [1.807, 2.05) is 0 Å². The second-order valence-electron chi connectivity index (χ2n) is 5.64. The van der Waals surface area contributed by atoms with Gasteiger partial charge >= 0.3 is 0 Å². The predicted octanol–water partition coefficient (Wildman–Crippen LogP) is 0.728. The normalized spacial score (nSPS) is 19.2. The maximum atomic E-state index is 12.7. The fourth-order valence-electron chi connectivity index (χ4n) is 2.67. The third-order valence-electron chi connectivity index (χ3n) is 3.89. The standard InChI is InChI=1S/C14H16N4O6S/c1-10-8-14(19)17(15-10)12-3-2-11(9-13(12)18(20)21)25(22,23)16-4-6-24-7-5-16/h2-3,9H,4-8H2,1H3. The van der Waals surface area contributed by atoms with Crippen molar-refractivity contribution in [3.8, 4) is 0 Å². The number of amides is 1. The average Bonchev–Trinajstić information content (AvgIpc) is 2.93. The number of anilines is 1. The Morgan fingerprint density at radius 3 is 2.52 bits per heavy atom. The van der Waals surface area contributed by atoms with Gasteiger partial charge in [0.15, 0.2) is 0 Å². The van der Waals surface area contributed by atoms with Crippen LogP contribution in [0.4, 0.5) is 11.4 Å². The fourth-order valence-corrected chi connectivity index (χ4v) is 4.10. The van der Waals surface area contributed by atoms with Gasteiger partial charge in [0.2, 0.25) is 10.0 Å². The zero-order valence-electron chi connectivity index (χ0n) is 13.4. The Hall–Kier alpha value is -2.37. The summed E-state index contributed by atoms with van der Waals surface area (Å²) in [5, 5.41) is 16.3. The predicted molar refractivity (Wildman–Crippen MR) is 87.9 cm³/mol. The summed E-state index contributed by atoms with van der Waals surface area (Å²) >= 11 is 0. The molecule has 0 aliphatic carbocycles. The smallest absolute Gasteiger partial charge is 0.296 e. The molecule has 1 saturated heterocycles. The molecule has 1 aromatic rings. The molecule has 0 atom stereocenters. The maximum Gasteiger partial charge on any atom is 0.296 e. The van der Waals surface area contributed by atoms with Crippen molar-refractivity contribution in [2.75, 3.05) is 31.3 Å². The second-order valence-corrected chi connectivity index (χ2v) is 7.58. The zero-order valence-corrected chi connectivity index (χ0v) is 14.2. The Labute approximate surface area is 143 Å². The molecular weight excluding hydrogens is 352 g/mol. The van der Waals surface area contributed by atoms with Crippen LogP contribution in [0.1, 0.15) is 13.3 Å². The first-order chi connectivity index (χ1) is 11.8. The number of hydrogen-bond donors (Lipinski definition) is 0. The van der Waals surface area contributed by atoms with E-state index in [0.29, 0.717) is 5.71 Å².